The Balaban J connectivity index is 4.48. The number of carbonyl (C=O) groups is 3. The number of rotatable bonds is 73. The number of carbonyl (C=O) groups excluding carboxylic acids is 3. The minimum absolute atomic E-state index is 0.0915. The highest BCUT2D eigenvalue weighted by molar-refractivity contribution is 7.47. The molecule has 0 aromatic carbocycles. The molecule has 0 radical (unpaired) electrons. The normalized spacial score (nSPS) is 14.7. The predicted molar refractivity (Wildman–Crippen MR) is 408 cm³/mol. The monoisotopic (exact) mass is 1430 g/mol. The van der Waals surface area contributed by atoms with Crippen molar-refractivity contribution in [2.45, 2.75) is 334 Å². The third-order valence-electron chi connectivity index (χ3n) is 16.1. The van der Waals surface area contributed by atoms with Crippen LogP contribution in [-0.2, 0) is 55.8 Å². The van der Waals surface area contributed by atoms with Crippen LogP contribution < -0.4 is 0 Å². The molecule has 0 saturated heterocycles. The number of esters is 3. The van der Waals surface area contributed by atoms with Gasteiger partial charge in [-0.15, -0.1) is 0 Å². The molecule has 0 aromatic heterocycles. The number of aliphatic hydroxyl groups is 2. The molecule has 0 aromatic rings. The lowest BCUT2D eigenvalue weighted by Gasteiger charge is -2.21. The van der Waals surface area contributed by atoms with Crippen LogP contribution in [0, 0.1) is 0 Å². The number of allylic oxidation sites excluding steroid dienone is 20. The van der Waals surface area contributed by atoms with E-state index >= 15 is 0 Å². The van der Waals surface area contributed by atoms with E-state index in [1.54, 1.807) is 0 Å². The molecule has 570 valence electrons. The third kappa shape index (κ3) is 74.9. The van der Waals surface area contributed by atoms with E-state index in [1.165, 1.54) is 109 Å². The van der Waals surface area contributed by atoms with Gasteiger partial charge < -0.3 is 34.2 Å². The van der Waals surface area contributed by atoms with Crippen molar-refractivity contribution in [3.63, 3.8) is 0 Å². The summed E-state index contributed by atoms with van der Waals surface area (Å²) in [6.45, 7) is 2.49. The van der Waals surface area contributed by atoms with Crippen molar-refractivity contribution in [1.29, 1.82) is 0 Å². The lowest BCUT2D eigenvalue weighted by molar-refractivity contribution is -0.161. The second-order valence-electron chi connectivity index (χ2n) is 25.8. The summed E-state index contributed by atoms with van der Waals surface area (Å²) in [6.07, 6.45) is 86.9. The standard InChI is InChI=1S/C81H140O16P2/c1-4-7-10-13-16-19-22-24-26-28-30-32-34-36-37-39-41-42-44-46-48-50-53-55-58-61-64-67-79(84)91-70-76(82)71-93-98(87,88)94-72-77(83)73-95-99(89,90)96-75-78(97-81(86)69-66-63-60-57-52-21-18-15-12-9-6-3)74-92-80(85)68-65-62-59-56-54-51-49-47-45-43-40-38-35-33-31-29-27-25-23-20-17-14-11-8-5-2/h7,10,15-20,24-27,30-33,36-38,40,76-78,82-83H,4-6,8-9,11-14,21-23,28-29,34-35,39,41-75H2,1-3H3,(H,87,88)(H,89,90)/b10-7-,18-15-,19-16-,20-17-,26-24-,27-25-,32-30-,33-31-,37-36-,40-38-. The fourth-order valence-corrected chi connectivity index (χ4v) is 11.8. The molecule has 16 nitrogen and oxygen atoms in total. The van der Waals surface area contributed by atoms with Gasteiger partial charge in [0, 0.05) is 19.3 Å². The van der Waals surface area contributed by atoms with E-state index in [4.69, 9.17) is 32.3 Å². The van der Waals surface area contributed by atoms with E-state index in [2.05, 4.69) is 142 Å². The Morgan fingerprint density at radius 1 is 0.293 bits per heavy atom. The van der Waals surface area contributed by atoms with Crippen LogP contribution in [0.15, 0.2) is 122 Å². The second-order valence-corrected chi connectivity index (χ2v) is 28.7. The van der Waals surface area contributed by atoms with Crippen LogP contribution >= 0.6 is 15.6 Å². The summed E-state index contributed by atoms with van der Waals surface area (Å²) in [5, 5.41) is 20.6. The topological polar surface area (TPSA) is 231 Å². The molecule has 0 rings (SSSR count). The van der Waals surface area contributed by atoms with Gasteiger partial charge in [0.15, 0.2) is 6.10 Å². The Hall–Kier alpha value is -4.05. The van der Waals surface area contributed by atoms with E-state index in [9.17, 15) is 43.5 Å². The Morgan fingerprint density at radius 2 is 0.545 bits per heavy atom. The molecule has 4 N–H and O–H groups in total. The summed E-state index contributed by atoms with van der Waals surface area (Å²) in [4.78, 5) is 58.5. The molecule has 0 spiro atoms. The zero-order valence-corrected chi connectivity index (χ0v) is 63.9. The van der Waals surface area contributed by atoms with Crippen molar-refractivity contribution in [2.75, 3.05) is 39.6 Å². The molecule has 0 amide bonds. The van der Waals surface area contributed by atoms with Crippen LogP contribution in [-0.4, -0.2) is 95.9 Å². The van der Waals surface area contributed by atoms with Gasteiger partial charge in [0.1, 0.15) is 25.4 Å². The Kier molecular flexibility index (Phi) is 70.7. The van der Waals surface area contributed by atoms with Crippen molar-refractivity contribution in [3.05, 3.63) is 122 Å². The van der Waals surface area contributed by atoms with Gasteiger partial charge in [-0.2, -0.15) is 0 Å². The number of ether oxygens (including phenoxy) is 3. The van der Waals surface area contributed by atoms with E-state index in [-0.39, 0.29) is 19.3 Å². The summed E-state index contributed by atoms with van der Waals surface area (Å²) in [6, 6.07) is 0. The van der Waals surface area contributed by atoms with Gasteiger partial charge in [-0.05, 0) is 128 Å². The summed E-state index contributed by atoms with van der Waals surface area (Å²) in [7, 11) is -9.79. The maximum absolute atomic E-state index is 12.9. The van der Waals surface area contributed by atoms with Crippen molar-refractivity contribution in [1.82, 2.24) is 0 Å². The third-order valence-corrected chi connectivity index (χ3v) is 18.0. The number of phosphoric acid groups is 2. The Morgan fingerprint density at radius 3 is 0.889 bits per heavy atom. The molecule has 5 atom stereocenters. The molecule has 0 aliphatic heterocycles. The molecular weight excluding hydrogens is 1290 g/mol. The first kappa shape index (κ1) is 94.9. The van der Waals surface area contributed by atoms with Crippen molar-refractivity contribution < 1.29 is 75.8 Å². The van der Waals surface area contributed by atoms with Crippen LogP contribution in [0.3, 0.4) is 0 Å². The molecule has 0 heterocycles. The molecule has 0 bridgehead atoms. The van der Waals surface area contributed by atoms with Gasteiger partial charge in [0.05, 0.1) is 26.4 Å². The van der Waals surface area contributed by atoms with Gasteiger partial charge in [0.25, 0.3) is 0 Å². The summed E-state index contributed by atoms with van der Waals surface area (Å²) >= 11 is 0. The smallest absolute Gasteiger partial charge is 0.463 e. The molecule has 0 saturated carbocycles. The van der Waals surface area contributed by atoms with Gasteiger partial charge in [0.2, 0.25) is 0 Å². The van der Waals surface area contributed by atoms with Crippen molar-refractivity contribution in [3.8, 4) is 0 Å². The Labute approximate surface area is 602 Å². The maximum atomic E-state index is 12.9. The molecular formula is C81H140O16P2. The average Bonchev–Trinajstić information content (AvgIpc) is 1.26. The van der Waals surface area contributed by atoms with Gasteiger partial charge >= 0.3 is 33.6 Å². The summed E-state index contributed by atoms with van der Waals surface area (Å²) in [5.41, 5.74) is 0. The predicted octanol–water partition coefficient (Wildman–Crippen LogP) is 22.5. The number of hydrogen-bond acceptors (Lipinski definition) is 14. The highest BCUT2D eigenvalue weighted by Crippen LogP contribution is 2.45. The SMILES string of the molecule is CC/C=C\C/C=C\C/C=C\C/C=C\C/C=C\CCCCCCCCCCCCCC(=O)OCC(O)COP(=O)(O)OCC(O)COP(=O)(O)OCC(COC(=O)CCCCCCCCCCC/C=C\C/C=C\C/C=C\C/C=C\CCCCC)OC(=O)CCCCCCC/C=C\CCCC. The fraction of sp³-hybridized carbons (Fsp3) is 0.716. The highest BCUT2D eigenvalue weighted by Gasteiger charge is 2.29. The van der Waals surface area contributed by atoms with Gasteiger partial charge in [-0.1, -0.05) is 290 Å². The fourth-order valence-electron chi connectivity index (χ4n) is 10.2. The van der Waals surface area contributed by atoms with E-state index in [1.807, 2.05) is 0 Å². The number of phosphoric ester groups is 2. The first-order chi connectivity index (χ1) is 48.2. The van der Waals surface area contributed by atoms with Gasteiger partial charge in [-0.3, -0.25) is 32.5 Å². The molecule has 99 heavy (non-hydrogen) atoms. The number of hydrogen-bond donors (Lipinski definition) is 4. The zero-order valence-electron chi connectivity index (χ0n) is 62.1. The lowest BCUT2D eigenvalue weighted by Crippen LogP contribution is -2.30. The molecule has 5 unspecified atom stereocenters. The number of unbranched alkanes of at least 4 members (excludes halogenated alkanes) is 30. The molecule has 0 aliphatic carbocycles. The van der Waals surface area contributed by atoms with Gasteiger partial charge in [-0.25, -0.2) is 9.13 Å². The van der Waals surface area contributed by atoms with E-state index in [0.717, 1.165) is 148 Å². The minimum atomic E-state index is -4.93. The van der Waals surface area contributed by atoms with Crippen molar-refractivity contribution >= 4 is 33.6 Å². The quantitative estimate of drug-likeness (QED) is 0.0146. The van der Waals surface area contributed by atoms with E-state index in [0.29, 0.717) is 19.3 Å². The maximum Gasteiger partial charge on any atom is 0.472 e. The van der Waals surface area contributed by atoms with Crippen LogP contribution in [0.2, 0.25) is 0 Å². The van der Waals surface area contributed by atoms with Crippen LogP contribution in [0.4, 0.5) is 0 Å². The summed E-state index contributed by atoms with van der Waals surface area (Å²) < 4.78 is 61.0. The highest BCUT2D eigenvalue weighted by atomic mass is 31.2. The summed E-state index contributed by atoms with van der Waals surface area (Å²) in [5.74, 6) is -1.59. The number of aliphatic hydroxyl groups excluding tert-OH is 2. The zero-order chi connectivity index (χ0) is 72.3. The van der Waals surface area contributed by atoms with E-state index < -0.39 is 91.5 Å². The van der Waals surface area contributed by atoms with Crippen LogP contribution in [0.5, 0.6) is 0 Å². The molecule has 0 fully saturated rings. The first-order valence-electron chi connectivity index (χ1n) is 38.8. The molecule has 0 aliphatic rings. The Bertz CT molecular complexity index is 2290. The van der Waals surface area contributed by atoms with Crippen LogP contribution in [0.1, 0.15) is 316 Å². The average molecular weight is 1430 g/mol. The van der Waals surface area contributed by atoms with Crippen molar-refractivity contribution in [2.24, 2.45) is 0 Å². The first-order valence-corrected chi connectivity index (χ1v) is 41.8. The largest absolute Gasteiger partial charge is 0.472 e. The molecule has 18 heteroatoms. The second kappa shape index (κ2) is 73.7. The lowest BCUT2D eigenvalue weighted by atomic mass is 10.0. The van der Waals surface area contributed by atoms with Crippen LogP contribution in [0.25, 0.3) is 0 Å². The minimum Gasteiger partial charge on any atom is -0.463 e.